The summed E-state index contributed by atoms with van der Waals surface area (Å²) in [5, 5.41) is 16.0. The monoisotopic (exact) mass is 477 g/mol. The van der Waals surface area contributed by atoms with Crippen LogP contribution < -0.4 is 5.56 Å². The molecule has 0 saturated heterocycles. The van der Waals surface area contributed by atoms with Crippen molar-refractivity contribution in [2.75, 3.05) is 20.8 Å². The Kier molecular flexibility index (Phi) is 8.98. The Balaban J connectivity index is 0.00000128. The Bertz CT molecular complexity index is 596. The number of ether oxygens (including phenoxy) is 1. The number of aromatic amines is 1. The minimum Gasteiger partial charge on any atom is -0.411 e. The summed E-state index contributed by atoms with van der Waals surface area (Å²) in [4.78, 5) is 21.7. The molecular weight excluding hydrogens is 458 g/mol. The molecular formula is C11H18IrN5O4-. The summed E-state index contributed by atoms with van der Waals surface area (Å²) in [7, 11) is 2.53. The summed E-state index contributed by atoms with van der Waals surface area (Å²) in [6.45, 7) is 0.437. The van der Waals surface area contributed by atoms with E-state index in [4.69, 9.17) is 20.7 Å². The minimum absolute atomic E-state index is 0. The van der Waals surface area contributed by atoms with Crippen LogP contribution in [0.2, 0.25) is 0 Å². The van der Waals surface area contributed by atoms with Gasteiger partial charge in [-0.1, -0.05) is 0 Å². The number of rotatable bonds is 5. The predicted octanol–water partition coefficient (Wildman–Crippen LogP) is -0.193. The largest absolute Gasteiger partial charge is 0.411 e. The molecule has 1 atom stereocenters. The first kappa shape index (κ1) is 19.7. The van der Waals surface area contributed by atoms with Gasteiger partial charge in [-0.3, -0.25) is 4.79 Å². The molecule has 0 aromatic carbocycles. The molecule has 10 heteroatoms. The zero-order valence-electron chi connectivity index (χ0n) is 11.7. The van der Waals surface area contributed by atoms with E-state index >= 15 is 0 Å². The second-order valence-corrected chi connectivity index (χ2v) is 3.85. The van der Waals surface area contributed by atoms with Crippen LogP contribution in [0.15, 0.2) is 11.1 Å². The van der Waals surface area contributed by atoms with E-state index in [0.29, 0.717) is 18.6 Å². The summed E-state index contributed by atoms with van der Waals surface area (Å²) in [6.07, 6.45) is 1.80. The summed E-state index contributed by atoms with van der Waals surface area (Å²) in [5.41, 5.74) is 7.53. The fourth-order valence-corrected chi connectivity index (χ4v) is 1.68. The molecule has 0 spiro atoms. The Hall–Kier alpha value is -1.32. The second-order valence-electron chi connectivity index (χ2n) is 3.85. The smallest absolute Gasteiger partial charge is 0.222 e. The van der Waals surface area contributed by atoms with Crippen molar-refractivity contribution in [3.8, 4) is 0 Å². The number of methoxy groups -OCH3 is 1. The predicted molar refractivity (Wildman–Crippen MR) is 72.8 cm³/mol. The Morgan fingerprint density at radius 3 is 2.76 bits per heavy atom. The van der Waals surface area contributed by atoms with E-state index in [1.807, 2.05) is 0 Å². The molecule has 2 rings (SSSR count). The van der Waals surface area contributed by atoms with Crippen LogP contribution in [0.4, 0.5) is 5.95 Å². The zero-order valence-corrected chi connectivity index (χ0v) is 14.1. The Morgan fingerprint density at radius 2 is 2.19 bits per heavy atom. The minimum atomic E-state index is -0.422. The summed E-state index contributed by atoms with van der Waals surface area (Å²) in [6, 6.07) is 0. The van der Waals surface area contributed by atoms with Crippen molar-refractivity contribution in [1.29, 1.82) is 0 Å². The summed E-state index contributed by atoms with van der Waals surface area (Å²) < 4.78 is 6.72. The normalized spacial score (nSPS) is 11.4. The molecule has 0 bridgehead atoms. The van der Waals surface area contributed by atoms with E-state index in [1.54, 1.807) is 4.57 Å². The van der Waals surface area contributed by atoms with E-state index in [1.165, 1.54) is 13.4 Å². The van der Waals surface area contributed by atoms with Crippen molar-refractivity contribution < 1.29 is 35.1 Å². The number of fused-ring (bicyclic) bond motifs is 1. The van der Waals surface area contributed by atoms with Crippen molar-refractivity contribution in [3.05, 3.63) is 22.4 Å². The first-order chi connectivity index (χ1) is 9.65. The molecule has 2 aromatic heterocycles. The molecule has 0 aliphatic heterocycles. The molecule has 21 heavy (non-hydrogen) atoms. The first-order valence-electron chi connectivity index (χ1n) is 5.91. The van der Waals surface area contributed by atoms with Gasteiger partial charge in [-0.15, -0.1) is 0 Å². The van der Waals surface area contributed by atoms with Crippen LogP contribution in [-0.4, -0.2) is 56.7 Å². The standard InChI is InChI=1S/C10H15N5O3.CH4O.Ir/c1-18-6(4-16)2-3-15-5-12-7-8(15)13-10(11)14-9(7)17;1-2;/h5-6,16H,2-4H2,1H3,(H3,11,13,14,17);2H,1H3;/p-1. The van der Waals surface area contributed by atoms with E-state index < -0.39 is 5.56 Å². The van der Waals surface area contributed by atoms with Crippen LogP contribution in [0.3, 0.4) is 0 Å². The van der Waals surface area contributed by atoms with Gasteiger partial charge in [0.15, 0.2) is 0 Å². The summed E-state index contributed by atoms with van der Waals surface area (Å²) in [5.74, 6) is -0.195. The maximum Gasteiger partial charge on any atom is 0.222 e. The van der Waals surface area contributed by atoms with Crippen molar-refractivity contribution >= 4 is 17.1 Å². The molecule has 0 amide bonds. The molecule has 4 N–H and O–H groups in total. The number of imidazole rings is 1. The molecule has 0 aliphatic rings. The summed E-state index contributed by atoms with van der Waals surface area (Å²) >= 11 is 0. The van der Waals surface area contributed by atoms with E-state index in [2.05, 4.69) is 15.0 Å². The van der Waals surface area contributed by atoms with Gasteiger partial charge in [-0.2, -0.15) is 0 Å². The number of hydrogen-bond donors (Lipinski definition) is 3. The van der Waals surface area contributed by atoms with Crippen LogP contribution in [0.5, 0.6) is 0 Å². The van der Waals surface area contributed by atoms with Gasteiger partial charge in [-0.05, 0) is 6.42 Å². The van der Waals surface area contributed by atoms with Crippen LogP contribution in [0.1, 0.15) is 6.42 Å². The van der Waals surface area contributed by atoms with E-state index in [0.717, 1.165) is 7.11 Å². The maximum absolute atomic E-state index is 11.5. The van der Waals surface area contributed by atoms with Gasteiger partial charge in [0.1, 0.15) is 5.52 Å². The van der Waals surface area contributed by atoms with Gasteiger partial charge < -0.3 is 35.2 Å². The third-order valence-corrected chi connectivity index (χ3v) is 2.70. The third kappa shape index (κ3) is 4.87. The van der Waals surface area contributed by atoms with Crippen LogP contribution >= 0.6 is 0 Å². The first-order valence-corrected chi connectivity index (χ1v) is 5.91. The number of aliphatic hydroxyl groups is 2. The molecule has 0 fully saturated rings. The number of nitrogens with zero attached hydrogens (tertiary/aromatic N) is 3. The Morgan fingerprint density at radius 1 is 1.52 bits per heavy atom. The number of aryl methyl sites for hydroxylation is 1. The molecule has 1 unspecified atom stereocenters. The number of nitrogens with one attached hydrogen (secondary N) is 2. The van der Waals surface area contributed by atoms with Gasteiger partial charge in [-0.25, -0.2) is 4.98 Å². The SMILES string of the molecule is CO.COC(CO)CCn1cnc2c(=O)[nH]c([NH-])nc21.[Ir]. The van der Waals surface area contributed by atoms with Crippen LogP contribution in [0.25, 0.3) is 16.9 Å². The Labute approximate surface area is 134 Å². The van der Waals surface area contributed by atoms with Crippen molar-refractivity contribution in [3.63, 3.8) is 0 Å². The molecule has 121 valence electrons. The number of H-pyrrole nitrogens is 1. The molecule has 0 saturated carbocycles. The van der Waals surface area contributed by atoms with Gasteiger partial charge in [0.05, 0.1) is 24.7 Å². The molecule has 1 radical (unpaired) electrons. The van der Waals surface area contributed by atoms with Crippen molar-refractivity contribution in [1.82, 2.24) is 19.5 Å². The van der Waals surface area contributed by atoms with Gasteiger partial charge in [0.2, 0.25) is 5.56 Å². The van der Waals surface area contributed by atoms with Crippen molar-refractivity contribution in [2.24, 2.45) is 0 Å². The second kappa shape index (κ2) is 9.59. The van der Waals surface area contributed by atoms with Crippen LogP contribution in [0, 0.1) is 0 Å². The van der Waals surface area contributed by atoms with Crippen LogP contribution in [-0.2, 0) is 31.4 Å². The quantitative estimate of drug-likeness (QED) is 0.547. The van der Waals surface area contributed by atoms with Gasteiger partial charge in [0.25, 0.3) is 0 Å². The van der Waals surface area contributed by atoms with E-state index in [9.17, 15) is 4.79 Å². The molecule has 0 aliphatic carbocycles. The average Bonchev–Trinajstić information content (AvgIpc) is 2.85. The van der Waals surface area contributed by atoms with Crippen molar-refractivity contribution in [2.45, 2.75) is 19.1 Å². The molecule has 2 aromatic rings. The van der Waals surface area contributed by atoms with Gasteiger partial charge in [0, 0.05) is 46.8 Å². The fraction of sp³-hybridized carbons (Fsp3) is 0.545. The third-order valence-electron chi connectivity index (χ3n) is 2.70. The number of aliphatic hydroxyl groups excluding tert-OH is 2. The zero-order chi connectivity index (χ0) is 15.1. The topological polar surface area (TPSA) is 137 Å². The van der Waals surface area contributed by atoms with E-state index in [-0.39, 0.29) is 44.3 Å². The molecule has 2 heterocycles. The number of aromatic nitrogens is 4. The fourth-order valence-electron chi connectivity index (χ4n) is 1.68. The maximum atomic E-state index is 11.5. The number of hydrogen-bond acceptors (Lipinski definition) is 6. The molecule has 9 nitrogen and oxygen atoms in total. The average molecular weight is 477 g/mol. The van der Waals surface area contributed by atoms with Gasteiger partial charge >= 0.3 is 0 Å².